The van der Waals surface area contributed by atoms with Crippen molar-refractivity contribution in [3.8, 4) is 0 Å². The summed E-state index contributed by atoms with van der Waals surface area (Å²) in [6.45, 7) is 0. The van der Waals surface area contributed by atoms with Crippen LogP contribution in [0, 0.1) is 0 Å². The fourth-order valence-electron chi connectivity index (χ4n) is 2.60. The van der Waals surface area contributed by atoms with Gasteiger partial charge in [0.1, 0.15) is 5.82 Å². The van der Waals surface area contributed by atoms with Crippen molar-refractivity contribution in [2.75, 3.05) is 10.7 Å². The standard InChI is InChI=1S/C18H19N7O/c19-16(15-9-23-18(21)14-4-2-1-3-13(14)15)10-25(22)12-7-5-11(6-8-12)17(20)24-26/h1-10,26H,19,22H2,(H2,20,24)(H2,21,23)/b16-10-. The van der Waals surface area contributed by atoms with E-state index < -0.39 is 0 Å². The zero-order valence-electron chi connectivity index (χ0n) is 13.9. The summed E-state index contributed by atoms with van der Waals surface area (Å²) in [5.41, 5.74) is 20.1. The van der Waals surface area contributed by atoms with E-state index in [0.717, 1.165) is 16.3 Å². The molecule has 26 heavy (non-hydrogen) atoms. The Morgan fingerprint density at radius 2 is 1.69 bits per heavy atom. The molecule has 0 radical (unpaired) electrons. The summed E-state index contributed by atoms with van der Waals surface area (Å²) in [7, 11) is 0. The molecular weight excluding hydrogens is 330 g/mol. The molecule has 0 aliphatic carbocycles. The minimum Gasteiger partial charge on any atom is -0.409 e. The quantitative estimate of drug-likeness (QED) is 0.157. The van der Waals surface area contributed by atoms with Crippen molar-refractivity contribution in [2.45, 2.75) is 0 Å². The number of rotatable bonds is 4. The summed E-state index contributed by atoms with van der Waals surface area (Å²) in [6.07, 6.45) is 3.22. The number of benzene rings is 2. The van der Waals surface area contributed by atoms with Crippen LogP contribution in [0.15, 0.2) is 66.1 Å². The van der Waals surface area contributed by atoms with Crippen LogP contribution in [0.5, 0.6) is 0 Å². The van der Waals surface area contributed by atoms with E-state index in [1.165, 1.54) is 5.01 Å². The molecular formula is C18H19N7O. The molecule has 0 saturated heterocycles. The highest BCUT2D eigenvalue weighted by Crippen LogP contribution is 2.26. The van der Waals surface area contributed by atoms with Gasteiger partial charge in [-0.15, -0.1) is 0 Å². The van der Waals surface area contributed by atoms with Crippen LogP contribution in [0.2, 0.25) is 0 Å². The summed E-state index contributed by atoms with van der Waals surface area (Å²) in [5.74, 6) is 6.55. The average molecular weight is 349 g/mol. The molecule has 8 heteroatoms. The van der Waals surface area contributed by atoms with Crippen LogP contribution in [0.1, 0.15) is 11.1 Å². The van der Waals surface area contributed by atoms with Gasteiger partial charge in [0.15, 0.2) is 5.84 Å². The number of hydrazine groups is 1. The molecule has 2 aromatic carbocycles. The fraction of sp³-hybridized carbons (Fsp3) is 0. The monoisotopic (exact) mass is 349 g/mol. The number of oxime groups is 1. The first-order valence-electron chi connectivity index (χ1n) is 7.74. The van der Waals surface area contributed by atoms with Gasteiger partial charge >= 0.3 is 0 Å². The molecule has 132 valence electrons. The molecule has 0 fully saturated rings. The van der Waals surface area contributed by atoms with Crippen molar-refractivity contribution >= 4 is 33.8 Å². The van der Waals surface area contributed by atoms with Crippen LogP contribution in [-0.2, 0) is 0 Å². The van der Waals surface area contributed by atoms with E-state index in [2.05, 4.69) is 10.1 Å². The lowest BCUT2D eigenvalue weighted by molar-refractivity contribution is 0.318. The largest absolute Gasteiger partial charge is 0.409 e. The number of aromatic nitrogens is 1. The van der Waals surface area contributed by atoms with Crippen molar-refractivity contribution in [3.63, 3.8) is 0 Å². The minimum atomic E-state index is 0.0228. The second-order valence-corrected chi connectivity index (χ2v) is 5.63. The molecule has 0 atom stereocenters. The molecule has 0 bridgehead atoms. The van der Waals surface area contributed by atoms with Gasteiger partial charge in [-0.1, -0.05) is 29.4 Å². The second kappa shape index (κ2) is 6.99. The van der Waals surface area contributed by atoms with E-state index in [-0.39, 0.29) is 5.84 Å². The van der Waals surface area contributed by atoms with Gasteiger partial charge in [-0.05, 0) is 29.7 Å². The van der Waals surface area contributed by atoms with Gasteiger partial charge in [0, 0.05) is 28.9 Å². The third-order valence-electron chi connectivity index (χ3n) is 3.98. The highest BCUT2D eigenvalue weighted by atomic mass is 16.4. The van der Waals surface area contributed by atoms with Crippen molar-refractivity contribution in [2.24, 2.45) is 22.5 Å². The smallest absolute Gasteiger partial charge is 0.170 e. The maximum Gasteiger partial charge on any atom is 0.170 e. The predicted octanol–water partition coefficient (Wildman–Crippen LogP) is 1.55. The first kappa shape index (κ1) is 17.1. The Bertz CT molecular complexity index is 996. The average Bonchev–Trinajstić information content (AvgIpc) is 2.67. The van der Waals surface area contributed by atoms with Crippen LogP contribution in [0.25, 0.3) is 16.5 Å². The normalized spacial score (nSPS) is 12.3. The molecule has 3 aromatic rings. The minimum absolute atomic E-state index is 0.0228. The Morgan fingerprint density at radius 3 is 2.35 bits per heavy atom. The van der Waals surface area contributed by atoms with Crippen LogP contribution < -0.4 is 28.1 Å². The van der Waals surface area contributed by atoms with Crippen molar-refractivity contribution in [3.05, 3.63) is 72.1 Å². The topological polar surface area (TPSA) is 153 Å². The van der Waals surface area contributed by atoms with Crippen LogP contribution >= 0.6 is 0 Å². The first-order valence-corrected chi connectivity index (χ1v) is 7.74. The van der Waals surface area contributed by atoms with Crippen molar-refractivity contribution in [1.29, 1.82) is 0 Å². The number of anilines is 2. The van der Waals surface area contributed by atoms with Crippen LogP contribution in [0.4, 0.5) is 11.5 Å². The van der Waals surface area contributed by atoms with Crippen molar-refractivity contribution in [1.82, 2.24) is 4.98 Å². The number of hydrogen-bond donors (Lipinski definition) is 5. The Labute approximate surface area is 150 Å². The van der Waals surface area contributed by atoms with E-state index in [1.54, 1.807) is 36.7 Å². The van der Waals surface area contributed by atoms with Crippen LogP contribution in [0.3, 0.4) is 0 Å². The van der Waals surface area contributed by atoms with Gasteiger partial charge in [0.25, 0.3) is 0 Å². The molecule has 3 rings (SSSR count). The Morgan fingerprint density at radius 1 is 1.04 bits per heavy atom. The van der Waals surface area contributed by atoms with Gasteiger partial charge in [-0.25, -0.2) is 10.8 Å². The number of amidine groups is 1. The van der Waals surface area contributed by atoms with E-state index in [0.29, 0.717) is 22.8 Å². The Balaban J connectivity index is 1.94. The first-order chi connectivity index (χ1) is 12.5. The third-order valence-corrected chi connectivity index (χ3v) is 3.98. The van der Waals surface area contributed by atoms with Gasteiger partial charge in [-0.2, -0.15) is 0 Å². The molecule has 9 N–H and O–H groups in total. The summed E-state index contributed by atoms with van der Waals surface area (Å²) < 4.78 is 0. The summed E-state index contributed by atoms with van der Waals surface area (Å²) in [6, 6.07) is 14.5. The molecule has 0 amide bonds. The van der Waals surface area contributed by atoms with Gasteiger partial charge < -0.3 is 22.4 Å². The summed E-state index contributed by atoms with van der Waals surface area (Å²) in [4.78, 5) is 4.20. The van der Waals surface area contributed by atoms with Crippen LogP contribution in [-0.4, -0.2) is 16.0 Å². The molecule has 0 saturated carbocycles. The molecule has 0 spiro atoms. The lowest BCUT2D eigenvalue weighted by Gasteiger charge is -2.16. The maximum absolute atomic E-state index is 8.70. The highest BCUT2D eigenvalue weighted by molar-refractivity contribution is 5.99. The van der Waals surface area contributed by atoms with Gasteiger partial charge in [0.05, 0.1) is 11.4 Å². The zero-order valence-corrected chi connectivity index (χ0v) is 13.9. The van der Waals surface area contributed by atoms with Gasteiger partial charge in [-0.3, -0.25) is 5.01 Å². The molecule has 8 nitrogen and oxygen atoms in total. The number of nitrogens with two attached hydrogens (primary N) is 4. The number of fused-ring (bicyclic) bond motifs is 1. The Kier molecular flexibility index (Phi) is 4.59. The Hall–Kier alpha value is -3.78. The maximum atomic E-state index is 8.70. The van der Waals surface area contributed by atoms with Crippen molar-refractivity contribution < 1.29 is 5.21 Å². The molecule has 0 aliphatic heterocycles. The van der Waals surface area contributed by atoms with E-state index in [9.17, 15) is 0 Å². The van der Waals surface area contributed by atoms with E-state index in [4.69, 9.17) is 28.3 Å². The number of hydrogen-bond acceptors (Lipinski definition) is 7. The molecule has 1 heterocycles. The lowest BCUT2D eigenvalue weighted by atomic mass is 10.1. The number of nitrogen functional groups attached to an aromatic ring is 1. The third kappa shape index (κ3) is 3.21. The fourth-order valence-corrected chi connectivity index (χ4v) is 2.60. The molecule has 0 aliphatic rings. The SMILES string of the molecule is N/C(=C\N(N)c1ccc(/C(N)=N/O)cc1)c1cnc(N)c2ccccc12. The van der Waals surface area contributed by atoms with E-state index in [1.807, 2.05) is 24.3 Å². The van der Waals surface area contributed by atoms with E-state index >= 15 is 0 Å². The molecule has 1 aromatic heterocycles. The summed E-state index contributed by atoms with van der Waals surface area (Å²) in [5, 5.41) is 14.8. The predicted molar refractivity (Wildman–Crippen MR) is 104 cm³/mol. The lowest BCUT2D eigenvalue weighted by Crippen LogP contribution is -2.26. The second-order valence-electron chi connectivity index (χ2n) is 5.63. The number of pyridine rings is 1. The molecule has 0 unspecified atom stereocenters. The zero-order chi connectivity index (χ0) is 18.7. The van der Waals surface area contributed by atoms with Gasteiger partial charge in [0.2, 0.25) is 0 Å². The number of nitrogens with zero attached hydrogens (tertiary/aromatic N) is 3. The summed E-state index contributed by atoms with van der Waals surface area (Å²) >= 11 is 0. The highest BCUT2D eigenvalue weighted by Gasteiger charge is 2.09.